The van der Waals surface area contributed by atoms with Crippen molar-refractivity contribution < 1.29 is 0 Å². The van der Waals surface area contributed by atoms with E-state index in [0.717, 1.165) is 11.7 Å². The lowest BCUT2D eigenvalue weighted by atomic mass is 9.85. The third-order valence-electron chi connectivity index (χ3n) is 2.90. The van der Waals surface area contributed by atoms with Gasteiger partial charge >= 0.3 is 0 Å². The standard InChI is InChI=1S/C11H23NS.ClH/c1-2-13-9-11(12)8-10-6-4-3-5-7-10;/h10-11H,2-9,12H2,1H3;1H/t11-;/m0./s1. The summed E-state index contributed by atoms with van der Waals surface area (Å²) in [6.45, 7) is 2.21. The van der Waals surface area contributed by atoms with Crippen LogP contribution in [0.4, 0.5) is 0 Å². The predicted octanol–water partition coefficient (Wildman–Crippen LogP) is 3.46. The first-order valence-electron chi connectivity index (χ1n) is 5.66. The maximum Gasteiger partial charge on any atom is 0.0133 e. The van der Waals surface area contributed by atoms with E-state index in [2.05, 4.69) is 6.92 Å². The first-order valence-corrected chi connectivity index (χ1v) is 6.81. The Balaban J connectivity index is 0.00000169. The summed E-state index contributed by atoms with van der Waals surface area (Å²) in [5.41, 5.74) is 6.07. The summed E-state index contributed by atoms with van der Waals surface area (Å²) >= 11 is 1.98. The van der Waals surface area contributed by atoms with E-state index in [9.17, 15) is 0 Å². The normalized spacial score (nSPS) is 20.1. The largest absolute Gasteiger partial charge is 0.327 e. The predicted molar refractivity (Wildman–Crippen MR) is 69.4 cm³/mol. The fourth-order valence-electron chi connectivity index (χ4n) is 2.19. The minimum Gasteiger partial charge on any atom is -0.327 e. The highest BCUT2D eigenvalue weighted by atomic mass is 35.5. The van der Waals surface area contributed by atoms with E-state index >= 15 is 0 Å². The van der Waals surface area contributed by atoms with Gasteiger partial charge in [-0.05, 0) is 18.1 Å². The monoisotopic (exact) mass is 237 g/mol. The molecule has 0 spiro atoms. The molecule has 14 heavy (non-hydrogen) atoms. The smallest absolute Gasteiger partial charge is 0.0133 e. The van der Waals surface area contributed by atoms with Crippen molar-refractivity contribution in [3.63, 3.8) is 0 Å². The molecule has 2 N–H and O–H groups in total. The van der Waals surface area contributed by atoms with Crippen LogP contribution in [0, 0.1) is 5.92 Å². The molecule has 1 aliphatic carbocycles. The average Bonchev–Trinajstić information content (AvgIpc) is 2.16. The van der Waals surface area contributed by atoms with Crippen molar-refractivity contribution in [3.8, 4) is 0 Å². The zero-order chi connectivity index (χ0) is 9.52. The molecule has 86 valence electrons. The van der Waals surface area contributed by atoms with E-state index in [-0.39, 0.29) is 12.4 Å². The molecule has 0 aromatic rings. The fraction of sp³-hybridized carbons (Fsp3) is 1.00. The van der Waals surface area contributed by atoms with Crippen LogP contribution in [0.15, 0.2) is 0 Å². The number of thioether (sulfide) groups is 1. The van der Waals surface area contributed by atoms with Crippen molar-refractivity contribution >= 4 is 24.2 Å². The van der Waals surface area contributed by atoms with Gasteiger partial charge in [-0.3, -0.25) is 0 Å². The SMILES string of the molecule is CCSC[C@@H](N)CC1CCCCC1.Cl. The lowest BCUT2D eigenvalue weighted by molar-refractivity contribution is 0.324. The van der Waals surface area contributed by atoms with Gasteiger partial charge in [0.1, 0.15) is 0 Å². The van der Waals surface area contributed by atoms with Gasteiger partial charge < -0.3 is 5.73 Å². The Morgan fingerprint density at radius 3 is 2.50 bits per heavy atom. The lowest BCUT2D eigenvalue weighted by Crippen LogP contribution is -2.27. The van der Waals surface area contributed by atoms with Gasteiger partial charge in [-0.25, -0.2) is 0 Å². The molecule has 0 radical (unpaired) electrons. The molecule has 0 aromatic carbocycles. The third-order valence-corrected chi connectivity index (χ3v) is 3.97. The maximum atomic E-state index is 6.07. The van der Waals surface area contributed by atoms with E-state index in [1.165, 1.54) is 44.3 Å². The van der Waals surface area contributed by atoms with Crippen LogP contribution in [0.2, 0.25) is 0 Å². The van der Waals surface area contributed by atoms with Crippen molar-refractivity contribution in [2.24, 2.45) is 11.7 Å². The lowest BCUT2D eigenvalue weighted by Gasteiger charge is -2.24. The molecule has 1 nitrogen and oxygen atoms in total. The molecule has 1 fully saturated rings. The Bertz CT molecular complexity index is 126. The highest BCUT2D eigenvalue weighted by molar-refractivity contribution is 7.99. The molecule has 0 bridgehead atoms. The molecule has 0 unspecified atom stereocenters. The van der Waals surface area contributed by atoms with Crippen molar-refractivity contribution in [1.82, 2.24) is 0 Å². The molecule has 0 amide bonds. The molecule has 0 aromatic heterocycles. The molecular weight excluding hydrogens is 214 g/mol. The Kier molecular flexibility index (Phi) is 9.25. The Morgan fingerprint density at radius 1 is 1.29 bits per heavy atom. The minimum atomic E-state index is 0. The van der Waals surface area contributed by atoms with Crippen LogP contribution in [-0.4, -0.2) is 17.5 Å². The number of rotatable bonds is 5. The van der Waals surface area contributed by atoms with Gasteiger partial charge in [-0.1, -0.05) is 39.0 Å². The second-order valence-corrected chi connectivity index (χ2v) is 5.48. The van der Waals surface area contributed by atoms with Crippen LogP contribution < -0.4 is 5.73 Å². The highest BCUT2D eigenvalue weighted by Crippen LogP contribution is 2.27. The van der Waals surface area contributed by atoms with Crippen LogP contribution in [0.3, 0.4) is 0 Å². The van der Waals surface area contributed by atoms with E-state index in [1.54, 1.807) is 0 Å². The highest BCUT2D eigenvalue weighted by Gasteiger charge is 2.16. The van der Waals surface area contributed by atoms with Crippen LogP contribution in [0.25, 0.3) is 0 Å². The summed E-state index contributed by atoms with van der Waals surface area (Å²) in [7, 11) is 0. The Morgan fingerprint density at radius 2 is 1.93 bits per heavy atom. The molecule has 3 heteroatoms. The Labute approximate surface area is 99.0 Å². The number of halogens is 1. The molecule has 1 atom stereocenters. The van der Waals surface area contributed by atoms with Crippen LogP contribution >= 0.6 is 24.2 Å². The van der Waals surface area contributed by atoms with Gasteiger partial charge in [-0.2, -0.15) is 11.8 Å². The second-order valence-electron chi connectivity index (χ2n) is 4.16. The topological polar surface area (TPSA) is 26.0 Å². The van der Waals surface area contributed by atoms with Gasteiger partial charge in [0.25, 0.3) is 0 Å². The summed E-state index contributed by atoms with van der Waals surface area (Å²) in [5.74, 6) is 3.31. The molecule has 0 aliphatic heterocycles. The zero-order valence-corrected chi connectivity index (χ0v) is 10.8. The van der Waals surface area contributed by atoms with Crippen molar-refractivity contribution in [2.75, 3.05) is 11.5 Å². The first kappa shape index (κ1) is 14.6. The van der Waals surface area contributed by atoms with Crippen LogP contribution in [0.5, 0.6) is 0 Å². The molecule has 0 heterocycles. The molecule has 1 aliphatic rings. The summed E-state index contributed by atoms with van der Waals surface area (Å²) in [5, 5.41) is 0. The van der Waals surface area contributed by atoms with Gasteiger partial charge in [0.05, 0.1) is 0 Å². The van der Waals surface area contributed by atoms with Crippen LogP contribution in [-0.2, 0) is 0 Å². The van der Waals surface area contributed by atoms with Gasteiger partial charge in [0, 0.05) is 11.8 Å². The van der Waals surface area contributed by atoms with Gasteiger partial charge in [-0.15, -0.1) is 12.4 Å². The third kappa shape index (κ3) is 6.15. The number of nitrogens with two attached hydrogens (primary N) is 1. The van der Waals surface area contributed by atoms with Crippen molar-refractivity contribution in [1.29, 1.82) is 0 Å². The summed E-state index contributed by atoms with van der Waals surface area (Å²) < 4.78 is 0. The maximum absolute atomic E-state index is 6.07. The molecule has 0 saturated heterocycles. The Hall–Kier alpha value is 0.600. The average molecular weight is 238 g/mol. The fourth-order valence-corrected chi connectivity index (χ4v) is 2.86. The second kappa shape index (κ2) is 8.87. The number of hydrogen-bond acceptors (Lipinski definition) is 2. The first-order chi connectivity index (χ1) is 6.33. The molecule has 1 rings (SSSR count). The quantitative estimate of drug-likeness (QED) is 0.793. The van der Waals surface area contributed by atoms with E-state index in [4.69, 9.17) is 5.73 Å². The summed E-state index contributed by atoms with van der Waals surface area (Å²) in [6, 6.07) is 0.452. The molecular formula is C11H24ClNS. The van der Waals surface area contributed by atoms with E-state index in [1.807, 2.05) is 11.8 Å². The van der Waals surface area contributed by atoms with Crippen molar-refractivity contribution in [2.45, 2.75) is 51.5 Å². The van der Waals surface area contributed by atoms with Gasteiger partial charge in [0.15, 0.2) is 0 Å². The van der Waals surface area contributed by atoms with E-state index in [0.29, 0.717) is 6.04 Å². The van der Waals surface area contributed by atoms with Crippen LogP contribution in [0.1, 0.15) is 45.4 Å². The summed E-state index contributed by atoms with van der Waals surface area (Å²) in [6.07, 6.45) is 8.48. The summed E-state index contributed by atoms with van der Waals surface area (Å²) in [4.78, 5) is 0. The zero-order valence-electron chi connectivity index (χ0n) is 9.21. The van der Waals surface area contributed by atoms with Gasteiger partial charge in [0.2, 0.25) is 0 Å². The van der Waals surface area contributed by atoms with Crippen molar-refractivity contribution in [3.05, 3.63) is 0 Å². The molecule has 1 saturated carbocycles. The van der Waals surface area contributed by atoms with E-state index < -0.39 is 0 Å². The number of hydrogen-bond donors (Lipinski definition) is 1. The minimum absolute atomic E-state index is 0.